The van der Waals surface area contributed by atoms with Gasteiger partial charge in [0.2, 0.25) is 0 Å². The van der Waals surface area contributed by atoms with Crippen LogP contribution in [0, 0.1) is 5.41 Å². The summed E-state index contributed by atoms with van der Waals surface area (Å²) in [5.41, 5.74) is 2.10. The monoisotopic (exact) mass is 152 g/mol. The summed E-state index contributed by atoms with van der Waals surface area (Å²) >= 11 is 0. The fourth-order valence-electron chi connectivity index (χ4n) is 1.64. The second-order valence-electron chi connectivity index (χ2n) is 3.91. The van der Waals surface area contributed by atoms with Gasteiger partial charge in [0, 0.05) is 0 Å². The maximum atomic E-state index is 9.69. The number of allylic oxidation sites excluding steroid dienone is 1. The van der Waals surface area contributed by atoms with Gasteiger partial charge in [-0.2, -0.15) is 0 Å². The van der Waals surface area contributed by atoms with Gasteiger partial charge in [-0.05, 0) is 29.9 Å². The Labute approximate surface area is 68.4 Å². The van der Waals surface area contributed by atoms with Gasteiger partial charge in [-0.15, -0.1) is 0 Å². The van der Waals surface area contributed by atoms with Crippen LogP contribution in [0.1, 0.15) is 27.2 Å². The summed E-state index contributed by atoms with van der Waals surface area (Å²) in [7, 11) is 0. The summed E-state index contributed by atoms with van der Waals surface area (Å²) in [4.78, 5) is 0. The maximum absolute atomic E-state index is 9.69. The molecular weight excluding hydrogens is 136 g/mol. The van der Waals surface area contributed by atoms with Crippen LogP contribution >= 0.6 is 0 Å². The summed E-state index contributed by atoms with van der Waals surface area (Å²) in [5.74, 6) is 0. The first-order chi connectivity index (χ1) is 4.99. The maximum Gasteiger partial charge on any atom is 0.0840 e. The molecule has 1 nitrogen and oxygen atoms in total. The van der Waals surface area contributed by atoms with Crippen molar-refractivity contribution in [2.45, 2.75) is 33.3 Å². The molecular formula is C10H16O. The Kier molecular flexibility index (Phi) is 1.93. The molecule has 0 aromatic heterocycles. The van der Waals surface area contributed by atoms with Crippen LogP contribution in [0.2, 0.25) is 0 Å². The average Bonchev–Trinajstić information content (AvgIpc) is 2.13. The molecule has 0 spiro atoms. The molecule has 0 aromatic carbocycles. The normalized spacial score (nSPS) is 33.3. The first-order valence-corrected chi connectivity index (χ1v) is 4.01. The first-order valence-electron chi connectivity index (χ1n) is 4.01. The van der Waals surface area contributed by atoms with E-state index >= 15 is 0 Å². The van der Waals surface area contributed by atoms with Crippen LogP contribution in [0.25, 0.3) is 0 Å². The number of aliphatic hydroxyl groups is 1. The molecule has 1 N–H and O–H groups in total. The van der Waals surface area contributed by atoms with Gasteiger partial charge in [-0.1, -0.05) is 26.5 Å². The molecule has 0 saturated heterocycles. The molecule has 0 aromatic rings. The Morgan fingerprint density at radius 2 is 2.18 bits per heavy atom. The highest BCUT2D eigenvalue weighted by atomic mass is 16.3. The molecule has 1 saturated carbocycles. The fourth-order valence-corrected chi connectivity index (χ4v) is 1.64. The van der Waals surface area contributed by atoms with Gasteiger partial charge in [0.05, 0.1) is 6.10 Å². The van der Waals surface area contributed by atoms with Crippen LogP contribution in [0.3, 0.4) is 0 Å². The summed E-state index contributed by atoms with van der Waals surface area (Å²) in [6.07, 6.45) is 2.64. The van der Waals surface area contributed by atoms with E-state index < -0.39 is 0 Å². The minimum absolute atomic E-state index is 0.0150. The number of aliphatic hydroxyl groups excluding tert-OH is 1. The van der Waals surface area contributed by atoms with Gasteiger partial charge in [0.15, 0.2) is 0 Å². The molecule has 1 rings (SSSR count). The summed E-state index contributed by atoms with van der Waals surface area (Å²) in [6.45, 7) is 10.00. The molecule has 0 heterocycles. The molecule has 1 atom stereocenters. The molecule has 11 heavy (non-hydrogen) atoms. The Bertz CT molecular complexity index is 211. The van der Waals surface area contributed by atoms with Crippen molar-refractivity contribution in [3.8, 4) is 0 Å². The van der Waals surface area contributed by atoms with Crippen LogP contribution in [0.15, 0.2) is 23.8 Å². The van der Waals surface area contributed by atoms with Gasteiger partial charge >= 0.3 is 0 Å². The SMILES string of the molecule is C=C1/C(=C\C)CC(C)(C)C1O. The van der Waals surface area contributed by atoms with Gasteiger partial charge in [0.25, 0.3) is 0 Å². The number of hydrogen-bond acceptors (Lipinski definition) is 1. The van der Waals surface area contributed by atoms with Gasteiger partial charge in [-0.3, -0.25) is 0 Å². The lowest BCUT2D eigenvalue weighted by Crippen LogP contribution is -2.22. The van der Waals surface area contributed by atoms with Gasteiger partial charge in [0.1, 0.15) is 0 Å². The second kappa shape index (κ2) is 2.49. The molecule has 1 fully saturated rings. The van der Waals surface area contributed by atoms with E-state index in [0.717, 1.165) is 12.0 Å². The Morgan fingerprint density at radius 3 is 2.36 bits per heavy atom. The third kappa shape index (κ3) is 1.25. The predicted molar refractivity (Wildman–Crippen MR) is 47.3 cm³/mol. The van der Waals surface area contributed by atoms with E-state index in [2.05, 4.69) is 20.4 Å². The van der Waals surface area contributed by atoms with Crippen molar-refractivity contribution in [2.24, 2.45) is 5.41 Å². The van der Waals surface area contributed by atoms with Crippen LogP contribution < -0.4 is 0 Å². The van der Waals surface area contributed by atoms with E-state index in [1.54, 1.807) is 0 Å². The van der Waals surface area contributed by atoms with E-state index in [-0.39, 0.29) is 11.5 Å². The summed E-state index contributed by atoms with van der Waals surface area (Å²) in [5, 5.41) is 9.69. The van der Waals surface area contributed by atoms with Crippen molar-refractivity contribution < 1.29 is 5.11 Å². The molecule has 62 valence electrons. The molecule has 0 radical (unpaired) electrons. The van der Waals surface area contributed by atoms with E-state index in [9.17, 15) is 5.11 Å². The van der Waals surface area contributed by atoms with Crippen molar-refractivity contribution in [3.05, 3.63) is 23.8 Å². The highest BCUT2D eigenvalue weighted by molar-refractivity contribution is 5.39. The molecule has 0 amide bonds. The number of rotatable bonds is 0. The zero-order valence-electron chi connectivity index (χ0n) is 7.52. The average molecular weight is 152 g/mol. The first kappa shape index (κ1) is 8.54. The predicted octanol–water partition coefficient (Wildman–Crippen LogP) is 2.28. The molecule has 1 heteroatoms. The lowest BCUT2D eigenvalue weighted by molar-refractivity contribution is 0.105. The van der Waals surface area contributed by atoms with Crippen molar-refractivity contribution in [3.63, 3.8) is 0 Å². The zero-order chi connectivity index (χ0) is 8.65. The number of hydrogen-bond donors (Lipinski definition) is 1. The molecule has 1 unspecified atom stereocenters. The standard InChI is InChI=1S/C10H16O/c1-5-8-6-10(3,4)9(11)7(8)2/h5,9,11H,2,6H2,1,3-4H3/b8-5-. The molecule has 0 aliphatic heterocycles. The van der Waals surface area contributed by atoms with E-state index in [1.165, 1.54) is 5.57 Å². The molecule has 1 aliphatic carbocycles. The topological polar surface area (TPSA) is 20.2 Å². The highest BCUT2D eigenvalue weighted by Crippen LogP contribution is 2.43. The van der Waals surface area contributed by atoms with Crippen molar-refractivity contribution >= 4 is 0 Å². The Balaban J connectivity index is 2.95. The van der Waals surface area contributed by atoms with Crippen LogP contribution in [0.5, 0.6) is 0 Å². The van der Waals surface area contributed by atoms with Gasteiger partial charge in [-0.25, -0.2) is 0 Å². The molecule has 1 aliphatic rings. The summed E-state index contributed by atoms with van der Waals surface area (Å²) in [6, 6.07) is 0. The highest BCUT2D eigenvalue weighted by Gasteiger charge is 2.38. The van der Waals surface area contributed by atoms with Crippen molar-refractivity contribution in [1.29, 1.82) is 0 Å². The Morgan fingerprint density at radius 1 is 1.64 bits per heavy atom. The largest absolute Gasteiger partial charge is 0.388 e. The fraction of sp³-hybridized carbons (Fsp3) is 0.600. The lowest BCUT2D eigenvalue weighted by atomic mass is 9.89. The quantitative estimate of drug-likeness (QED) is 0.564. The second-order valence-corrected chi connectivity index (χ2v) is 3.91. The summed E-state index contributed by atoms with van der Waals surface area (Å²) < 4.78 is 0. The van der Waals surface area contributed by atoms with Crippen molar-refractivity contribution in [2.75, 3.05) is 0 Å². The van der Waals surface area contributed by atoms with Gasteiger partial charge < -0.3 is 5.11 Å². The Hall–Kier alpha value is -0.560. The van der Waals surface area contributed by atoms with Crippen LogP contribution in [-0.4, -0.2) is 11.2 Å². The zero-order valence-corrected chi connectivity index (χ0v) is 7.52. The smallest absolute Gasteiger partial charge is 0.0840 e. The van der Waals surface area contributed by atoms with E-state index in [0.29, 0.717) is 0 Å². The van der Waals surface area contributed by atoms with Crippen LogP contribution in [0.4, 0.5) is 0 Å². The van der Waals surface area contributed by atoms with E-state index in [4.69, 9.17) is 0 Å². The third-order valence-electron chi connectivity index (χ3n) is 2.48. The lowest BCUT2D eigenvalue weighted by Gasteiger charge is -2.21. The van der Waals surface area contributed by atoms with Crippen LogP contribution in [-0.2, 0) is 0 Å². The van der Waals surface area contributed by atoms with E-state index in [1.807, 2.05) is 13.0 Å². The minimum atomic E-state index is -0.353. The minimum Gasteiger partial charge on any atom is -0.388 e. The third-order valence-corrected chi connectivity index (χ3v) is 2.48. The van der Waals surface area contributed by atoms with Crippen molar-refractivity contribution in [1.82, 2.24) is 0 Å². The molecule has 0 bridgehead atoms.